The van der Waals surface area contributed by atoms with Crippen molar-refractivity contribution >= 4 is 10.9 Å². The summed E-state index contributed by atoms with van der Waals surface area (Å²) in [6, 6.07) is 6.56. The van der Waals surface area contributed by atoms with E-state index < -0.39 is 0 Å². The Morgan fingerprint density at radius 3 is 2.87 bits per heavy atom. The third kappa shape index (κ3) is 1.21. The Bertz CT molecular complexity index is 506. The Morgan fingerprint density at radius 2 is 2.20 bits per heavy atom. The summed E-state index contributed by atoms with van der Waals surface area (Å²) in [5.41, 5.74) is 10.1. The highest BCUT2D eigenvalue weighted by molar-refractivity contribution is 5.85. The average Bonchev–Trinajstić information content (AvgIpc) is 2.93. The number of H-pyrrole nitrogens is 1. The molecular formula is C13H16N2. The van der Waals surface area contributed by atoms with Crippen LogP contribution in [0.5, 0.6) is 0 Å². The van der Waals surface area contributed by atoms with Crippen LogP contribution < -0.4 is 5.73 Å². The summed E-state index contributed by atoms with van der Waals surface area (Å²) in [7, 11) is 0. The summed E-state index contributed by atoms with van der Waals surface area (Å²) in [5, 5.41) is 1.36. The van der Waals surface area contributed by atoms with Crippen molar-refractivity contribution in [1.29, 1.82) is 0 Å². The lowest BCUT2D eigenvalue weighted by Crippen LogP contribution is -2.19. The largest absolute Gasteiger partial charge is 0.361 e. The van der Waals surface area contributed by atoms with Crippen molar-refractivity contribution < 1.29 is 0 Å². The molecule has 0 aliphatic heterocycles. The summed E-state index contributed by atoms with van der Waals surface area (Å²) in [6.07, 6.45) is 4.62. The van der Waals surface area contributed by atoms with Gasteiger partial charge in [-0.05, 0) is 37.5 Å². The fourth-order valence-electron chi connectivity index (χ4n) is 2.41. The van der Waals surface area contributed by atoms with E-state index in [9.17, 15) is 0 Å². The van der Waals surface area contributed by atoms with Crippen LogP contribution in [0.3, 0.4) is 0 Å². The van der Waals surface area contributed by atoms with Crippen LogP contribution in [0.2, 0.25) is 0 Å². The van der Waals surface area contributed by atoms with Gasteiger partial charge in [0.2, 0.25) is 0 Å². The highest BCUT2D eigenvalue weighted by Crippen LogP contribution is 2.49. The summed E-state index contributed by atoms with van der Waals surface area (Å²) >= 11 is 0. The molecule has 0 atom stereocenters. The Balaban J connectivity index is 2.23. The fourth-order valence-corrected chi connectivity index (χ4v) is 2.41. The van der Waals surface area contributed by atoms with E-state index in [-0.39, 0.29) is 5.41 Å². The number of aromatic nitrogens is 1. The molecule has 2 nitrogen and oxygen atoms in total. The molecule has 3 rings (SSSR count). The van der Waals surface area contributed by atoms with Crippen LogP contribution in [0.1, 0.15) is 24.0 Å². The van der Waals surface area contributed by atoms with E-state index >= 15 is 0 Å². The Morgan fingerprint density at radius 1 is 1.40 bits per heavy atom. The number of aromatic amines is 1. The monoisotopic (exact) mass is 200 g/mol. The number of nitrogens with two attached hydrogens (primary N) is 1. The molecule has 0 radical (unpaired) electrons. The number of rotatable bonds is 2. The standard InChI is InChI=1S/C13H16N2/c1-9-2-3-12-10(6-9)11(7-15-12)13(8-14)4-5-13/h2-3,6-7,15H,4-5,8,14H2,1H3. The predicted molar refractivity (Wildman–Crippen MR) is 63.0 cm³/mol. The molecule has 1 aromatic carbocycles. The van der Waals surface area contributed by atoms with E-state index in [4.69, 9.17) is 5.73 Å². The molecule has 0 bridgehead atoms. The van der Waals surface area contributed by atoms with Gasteiger partial charge in [-0.15, -0.1) is 0 Å². The van der Waals surface area contributed by atoms with Gasteiger partial charge in [-0.2, -0.15) is 0 Å². The van der Waals surface area contributed by atoms with Crippen LogP contribution in [0.15, 0.2) is 24.4 Å². The molecule has 1 fully saturated rings. The average molecular weight is 200 g/mol. The first-order chi connectivity index (χ1) is 7.25. The summed E-state index contributed by atoms with van der Waals surface area (Å²) in [6.45, 7) is 2.91. The number of benzene rings is 1. The van der Waals surface area contributed by atoms with Crippen LogP contribution in [0.4, 0.5) is 0 Å². The Hall–Kier alpha value is -1.28. The normalized spacial score (nSPS) is 18.3. The quantitative estimate of drug-likeness (QED) is 0.768. The maximum absolute atomic E-state index is 5.88. The lowest BCUT2D eigenvalue weighted by molar-refractivity contribution is 0.711. The number of hydrogen-bond donors (Lipinski definition) is 2. The van der Waals surface area contributed by atoms with Gasteiger partial charge < -0.3 is 10.7 Å². The lowest BCUT2D eigenvalue weighted by Gasteiger charge is -2.10. The lowest BCUT2D eigenvalue weighted by atomic mass is 9.95. The van der Waals surface area contributed by atoms with Crippen molar-refractivity contribution in [2.45, 2.75) is 25.2 Å². The SMILES string of the molecule is Cc1ccc2[nH]cc(C3(CN)CC3)c2c1. The van der Waals surface area contributed by atoms with Gasteiger partial charge in [0.1, 0.15) is 0 Å². The van der Waals surface area contributed by atoms with Crippen molar-refractivity contribution in [3.8, 4) is 0 Å². The van der Waals surface area contributed by atoms with Crippen LogP contribution in [0.25, 0.3) is 10.9 Å². The molecule has 0 saturated heterocycles. The van der Waals surface area contributed by atoms with Crippen molar-refractivity contribution in [3.05, 3.63) is 35.5 Å². The second kappa shape index (κ2) is 2.86. The second-order valence-corrected chi connectivity index (χ2v) is 4.74. The maximum atomic E-state index is 5.88. The van der Waals surface area contributed by atoms with E-state index in [0.717, 1.165) is 6.54 Å². The molecule has 1 aliphatic rings. The Kier molecular flexibility index (Phi) is 1.71. The number of aryl methyl sites for hydroxylation is 1. The van der Waals surface area contributed by atoms with E-state index in [0.29, 0.717) is 0 Å². The molecule has 2 aromatic rings. The fraction of sp³-hybridized carbons (Fsp3) is 0.385. The van der Waals surface area contributed by atoms with Gasteiger partial charge in [-0.1, -0.05) is 11.6 Å². The van der Waals surface area contributed by atoms with Crippen LogP contribution >= 0.6 is 0 Å². The number of nitrogens with one attached hydrogen (secondary N) is 1. The van der Waals surface area contributed by atoms with Gasteiger partial charge in [0.05, 0.1) is 0 Å². The molecule has 1 aromatic heterocycles. The van der Waals surface area contributed by atoms with E-state index in [2.05, 4.69) is 36.3 Å². The van der Waals surface area contributed by atoms with Gasteiger partial charge in [-0.3, -0.25) is 0 Å². The van der Waals surface area contributed by atoms with Gasteiger partial charge in [0.25, 0.3) is 0 Å². The summed E-state index contributed by atoms with van der Waals surface area (Å²) in [4.78, 5) is 3.34. The molecule has 1 aliphatic carbocycles. The van der Waals surface area contributed by atoms with E-state index in [1.54, 1.807) is 0 Å². The van der Waals surface area contributed by atoms with Crippen molar-refractivity contribution in [2.75, 3.05) is 6.54 Å². The molecule has 78 valence electrons. The van der Waals surface area contributed by atoms with Crippen molar-refractivity contribution in [1.82, 2.24) is 4.98 Å². The first-order valence-corrected chi connectivity index (χ1v) is 5.53. The second-order valence-electron chi connectivity index (χ2n) is 4.74. The minimum absolute atomic E-state index is 0.284. The molecule has 0 amide bonds. The van der Waals surface area contributed by atoms with Crippen molar-refractivity contribution in [3.63, 3.8) is 0 Å². The molecule has 1 heterocycles. The molecule has 2 heteroatoms. The molecule has 1 saturated carbocycles. The summed E-state index contributed by atoms with van der Waals surface area (Å²) in [5.74, 6) is 0. The highest BCUT2D eigenvalue weighted by Gasteiger charge is 2.44. The highest BCUT2D eigenvalue weighted by atomic mass is 14.7. The maximum Gasteiger partial charge on any atom is 0.0457 e. The topological polar surface area (TPSA) is 41.8 Å². The number of fused-ring (bicyclic) bond motifs is 1. The molecule has 3 N–H and O–H groups in total. The van der Waals surface area contributed by atoms with Crippen LogP contribution in [-0.4, -0.2) is 11.5 Å². The van der Waals surface area contributed by atoms with Gasteiger partial charge in [0.15, 0.2) is 0 Å². The molecule has 0 spiro atoms. The van der Waals surface area contributed by atoms with E-state index in [1.165, 1.54) is 34.9 Å². The Labute approximate surface area is 89.5 Å². The predicted octanol–water partition coefficient (Wildman–Crippen LogP) is 2.47. The van der Waals surface area contributed by atoms with Gasteiger partial charge in [0, 0.05) is 29.1 Å². The minimum atomic E-state index is 0.284. The third-order valence-corrected chi connectivity index (χ3v) is 3.65. The number of hydrogen-bond acceptors (Lipinski definition) is 1. The van der Waals surface area contributed by atoms with Crippen LogP contribution in [0, 0.1) is 6.92 Å². The zero-order valence-corrected chi connectivity index (χ0v) is 9.01. The zero-order valence-electron chi connectivity index (χ0n) is 9.01. The minimum Gasteiger partial charge on any atom is -0.361 e. The third-order valence-electron chi connectivity index (χ3n) is 3.65. The van der Waals surface area contributed by atoms with Gasteiger partial charge >= 0.3 is 0 Å². The molecule has 15 heavy (non-hydrogen) atoms. The molecular weight excluding hydrogens is 184 g/mol. The first kappa shape index (κ1) is 8.98. The first-order valence-electron chi connectivity index (χ1n) is 5.53. The van der Waals surface area contributed by atoms with Crippen LogP contribution in [-0.2, 0) is 5.41 Å². The molecule has 0 unspecified atom stereocenters. The van der Waals surface area contributed by atoms with Gasteiger partial charge in [-0.25, -0.2) is 0 Å². The smallest absolute Gasteiger partial charge is 0.0457 e. The van der Waals surface area contributed by atoms with Crippen molar-refractivity contribution in [2.24, 2.45) is 5.73 Å². The van der Waals surface area contributed by atoms with E-state index in [1.807, 2.05) is 0 Å². The summed E-state index contributed by atoms with van der Waals surface area (Å²) < 4.78 is 0. The zero-order chi connectivity index (χ0) is 10.5.